The molecule has 0 spiro atoms. The molecular weight excluding hydrogens is 494 g/mol. The second-order valence-corrected chi connectivity index (χ2v) is 10.9. The Bertz CT molecular complexity index is 1250. The third-order valence-electron chi connectivity index (χ3n) is 5.84. The number of carboxylic acids is 1. The van der Waals surface area contributed by atoms with Crippen molar-refractivity contribution in [1.29, 1.82) is 0 Å². The van der Waals surface area contributed by atoms with Crippen LogP contribution in [0.1, 0.15) is 31.2 Å². The predicted molar refractivity (Wildman–Crippen MR) is 137 cm³/mol. The number of aromatic nitrogens is 1. The minimum atomic E-state index is -0.908. The molecule has 4 rings (SSSR count). The summed E-state index contributed by atoms with van der Waals surface area (Å²) in [4.78, 5) is 41.1. The number of carboxylic acid groups (broad SMARTS) is 1. The Morgan fingerprint density at radius 2 is 1.79 bits per heavy atom. The molecule has 34 heavy (non-hydrogen) atoms. The number of carbonyl (C=O) groups excluding carboxylic acids is 2. The highest BCUT2D eigenvalue weighted by atomic mass is 35.5. The molecule has 2 amide bonds. The number of amides is 2. The fraction of sp³-hybridized carbons (Fsp3) is 0.333. The van der Waals surface area contributed by atoms with Crippen LogP contribution in [-0.2, 0) is 14.4 Å². The standard InChI is InChI=1S/C24H24ClN3O4S2/c1-13-6-7-14(10-18(13)25)26-21(29)12-33-24-28-19-9-8-15(11-20(19)34-24)27-22(30)16-4-2-3-5-17(16)23(31)32/h6-11,16-17H,2-5,12H2,1H3,(H,26,29)(H,27,30)(H,31,32)/t16-,17+/m0/s1. The van der Waals surface area contributed by atoms with E-state index in [0.29, 0.717) is 29.2 Å². The second-order valence-electron chi connectivity index (χ2n) is 8.29. The normalized spacial score (nSPS) is 17.9. The third-order valence-corrected chi connectivity index (χ3v) is 8.41. The van der Waals surface area contributed by atoms with Gasteiger partial charge in [0, 0.05) is 16.4 Å². The van der Waals surface area contributed by atoms with Gasteiger partial charge >= 0.3 is 5.97 Å². The van der Waals surface area contributed by atoms with Crippen LogP contribution in [0, 0.1) is 18.8 Å². The molecule has 0 bridgehead atoms. The number of anilines is 2. The maximum atomic E-state index is 12.7. The van der Waals surface area contributed by atoms with Gasteiger partial charge in [-0.3, -0.25) is 14.4 Å². The summed E-state index contributed by atoms with van der Waals surface area (Å²) in [6.07, 6.45) is 2.82. The van der Waals surface area contributed by atoms with Crippen molar-refractivity contribution in [2.24, 2.45) is 11.8 Å². The molecule has 3 aromatic rings. The Kier molecular flexibility index (Phi) is 7.75. The SMILES string of the molecule is Cc1ccc(NC(=O)CSc2nc3ccc(NC(=O)[C@H]4CCCC[C@H]4C(=O)O)cc3s2)cc1Cl. The number of nitrogens with zero attached hydrogens (tertiary/aromatic N) is 1. The van der Waals surface area contributed by atoms with Gasteiger partial charge in [0.05, 0.1) is 27.8 Å². The first-order chi connectivity index (χ1) is 16.3. The summed E-state index contributed by atoms with van der Waals surface area (Å²) < 4.78 is 1.62. The number of aliphatic carboxylic acids is 1. The number of hydrogen-bond acceptors (Lipinski definition) is 6. The first-order valence-electron chi connectivity index (χ1n) is 10.9. The molecule has 2 atom stereocenters. The molecule has 0 radical (unpaired) electrons. The van der Waals surface area contributed by atoms with Crippen LogP contribution in [0.25, 0.3) is 10.2 Å². The average molecular weight is 518 g/mol. The van der Waals surface area contributed by atoms with Crippen molar-refractivity contribution in [1.82, 2.24) is 4.98 Å². The fourth-order valence-corrected chi connectivity index (χ4v) is 6.10. The Morgan fingerprint density at radius 1 is 1.09 bits per heavy atom. The monoisotopic (exact) mass is 517 g/mol. The lowest BCUT2D eigenvalue weighted by molar-refractivity contribution is -0.147. The molecule has 3 N–H and O–H groups in total. The van der Waals surface area contributed by atoms with Crippen LogP contribution in [0.15, 0.2) is 40.7 Å². The molecule has 1 heterocycles. The van der Waals surface area contributed by atoms with Crippen LogP contribution in [-0.4, -0.2) is 33.6 Å². The number of benzene rings is 2. The van der Waals surface area contributed by atoms with Crippen molar-refractivity contribution in [3.63, 3.8) is 0 Å². The van der Waals surface area contributed by atoms with Gasteiger partial charge in [-0.05, 0) is 55.7 Å². The van der Waals surface area contributed by atoms with Crippen molar-refractivity contribution in [3.8, 4) is 0 Å². The fourth-order valence-electron chi connectivity index (χ4n) is 4.01. The van der Waals surface area contributed by atoms with Gasteiger partial charge in [-0.1, -0.05) is 42.3 Å². The minimum Gasteiger partial charge on any atom is -0.481 e. The van der Waals surface area contributed by atoms with E-state index in [-0.39, 0.29) is 17.6 Å². The molecule has 1 aliphatic rings. The van der Waals surface area contributed by atoms with Crippen LogP contribution in [0.4, 0.5) is 11.4 Å². The van der Waals surface area contributed by atoms with E-state index in [1.165, 1.54) is 23.1 Å². The van der Waals surface area contributed by atoms with Gasteiger partial charge < -0.3 is 15.7 Å². The molecule has 1 aliphatic carbocycles. The van der Waals surface area contributed by atoms with E-state index < -0.39 is 17.8 Å². The molecule has 1 fully saturated rings. The van der Waals surface area contributed by atoms with E-state index in [1.54, 1.807) is 12.1 Å². The number of hydrogen-bond donors (Lipinski definition) is 3. The predicted octanol–water partition coefficient (Wildman–Crippen LogP) is 5.82. The Balaban J connectivity index is 1.37. The van der Waals surface area contributed by atoms with Crippen LogP contribution >= 0.6 is 34.7 Å². The van der Waals surface area contributed by atoms with E-state index in [9.17, 15) is 19.5 Å². The summed E-state index contributed by atoms with van der Waals surface area (Å²) in [5, 5.41) is 15.7. The van der Waals surface area contributed by atoms with Gasteiger partial charge in [-0.25, -0.2) is 4.98 Å². The van der Waals surface area contributed by atoms with Crippen molar-refractivity contribution >= 4 is 74.1 Å². The van der Waals surface area contributed by atoms with Crippen LogP contribution in [0.5, 0.6) is 0 Å². The van der Waals surface area contributed by atoms with Crippen molar-refractivity contribution in [3.05, 3.63) is 47.0 Å². The lowest BCUT2D eigenvalue weighted by atomic mass is 9.78. The van der Waals surface area contributed by atoms with E-state index in [0.717, 1.165) is 33.0 Å². The highest BCUT2D eigenvalue weighted by molar-refractivity contribution is 8.01. The van der Waals surface area contributed by atoms with Gasteiger partial charge in [-0.2, -0.15) is 0 Å². The van der Waals surface area contributed by atoms with Crippen LogP contribution < -0.4 is 10.6 Å². The number of aryl methyl sites for hydroxylation is 1. The maximum absolute atomic E-state index is 12.7. The van der Waals surface area contributed by atoms with E-state index >= 15 is 0 Å². The number of thioether (sulfide) groups is 1. The summed E-state index contributed by atoms with van der Waals surface area (Å²) in [7, 11) is 0. The van der Waals surface area contributed by atoms with Crippen LogP contribution in [0.3, 0.4) is 0 Å². The summed E-state index contributed by atoms with van der Waals surface area (Å²) in [5.41, 5.74) is 2.98. The number of halogens is 1. The lowest BCUT2D eigenvalue weighted by Crippen LogP contribution is -2.36. The smallest absolute Gasteiger partial charge is 0.307 e. The molecule has 1 saturated carbocycles. The number of rotatable bonds is 7. The largest absolute Gasteiger partial charge is 0.481 e. The van der Waals surface area contributed by atoms with Gasteiger partial charge in [0.25, 0.3) is 0 Å². The highest BCUT2D eigenvalue weighted by Gasteiger charge is 2.35. The van der Waals surface area contributed by atoms with E-state index in [1.807, 2.05) is 31.2 Å². The van der Waals surface area contributed by atoms with Crippen molar-refractivity contribution < 1.29 is 19.5 Å². The zero-order valence-electron chi connectivity index (χ0n) is 18.5. The molecule has 7 nitrogen and oxygen atoms in total. The number of nitrogens with one attached hydrogen (secondary N) is 2. The molecule has 0 saturated heterocycles. The summed E-state index contributed by atoms with van der Waals surface area (Å²) in [6, 6.07) is 10.8. The number of fused-ring (bicyclic) bond motifs is 1. The number of carbonyl (C=O) groups is 3. The maximum Gasteiger partial charge on any atom is 0.307 e. The topological polar surface area (TPSA) is 108 Å². The van der Waals surface area contributed by atoms with E-state index in [4.69, 9.17) is 11.6 Å². The molecule has 178 valence electrons. The Hall–Kier alpha value is -2.62. The van der Waals surface area contributed by atoms with Crippen molar-refractivity contribution in [2.45, 2.75) is 36.9 Å². The zero-order valence-corrected chi connectivity index (χ0v) is 20.9. The van der Waals surface area contributed by atoms with Gasteiger partial charge in [0.15, 0.2) is 4.34 Å². The van der Waals surface area contributed by atoms with E-state index in [2.05, 4.69) is 15.6 Å². The lowest BCUT2D eigenvalue weighted by Gasteiger charge is -2.27. The molecular formula is C24H24ClN3O4S2. The summed E-state index contributed by atoms with van der Waals surface area (Å²) in [6.45, 7) is 1.90. The first-order valence-corrected chi connectivity index (χ1v) is 13.1. The van der Waals surface area contributed by atoms with Crippen molar-refractivity contribution in [2.75, 3.05) is 16.4 Å². The van der Waals surface area contributed by atoms with Gasteiger partial charge in [-0.15, -0.1) is 11.3 Å². The third kappa shape index (κ3) is 5.89. The number of thiazole rings is 1. The Labute approximate surface area is 210 Å². The highest BCUT2D eigenvalue weighted by Crippen LogP contribution is 2.34. The average Bonchev–Trinajstić information content (AvgIpc) is 3.22. The molecule has 2 aromatic carbocycles. The van der Waals surface area contributed by atoms with Gasteiger partial charge in [0.1, 0.15) is 0 Å². The van der Waals surface area contributed by atoms with Gasteiger partial charge in [0.2, 0.25) is 11.8 Å². The molecule has 0 unspecified atom stereocenters. The molecule has 0 aliphatic heterocycles. The Morgan fingerprint density at radius 3 is 2.53 bits per heavy atom. The summed E-state index contributed by atoms with van der Waals surface area (Å²) >= 11 is 8.88. The molecule has 1 aromatic heterocycles. The van der Waals surface area contributed by atoms with Crippen LogP contribution in [0.2, 0.25) is 5.02 Å². The molecule has 10 heteroatoms. The minimum absolute atomic E-state index is 0.155. The summed E-state index contributed by atoms with van der Waals surface area (Å²) in [5.74, 6) is -2.26. The second kappa shape index (κ2) is 10.8. The first kappa shape index (κ1) is 24.5. The zero-order chi connectivity index (χ0) is 24.2. The quantitative estimate of drug-likeness (QED) is 0.341.